The van der Waals surface area contributed by atoms with Gasteiger partial charge in [0.2, 0.25) is 0 Å². The molecule has 1 atom stereocenters. The molecule has 3 nitrogen and oxygen atoms in total. The second-order valence-corrected chi connectivity index (χ2v) is 3.57. The molecule has 0 aliphatic carbocycles. The normalized spacial score (nSPS) is 21.3. The Morgan fingerprint density at radius 3 is 3.00 bits per heavy atom. The Hall–Kier alpha value is -1.06. The molecule has 1 fully saturated rings. The summed E-state index contributed by atoms with van der Waals surface area (Å²) in [7, 11) is 0. The summed E-state index contributed by atoms with van der Waals surface area (Å²) in [5, 5.41) is 12.9. The Kier molecular flexibility index (Phi) is 3.01. The van der Waals surface area contributed by atoms with Crippen LogP contribution in [-0.4, -0.2) is 24.4 Å². The van der Waals surface area contributed by atoms with Crippen LogP contribution in [0.25, 0.3) is 0 Å². The molecule has 1 aromatic carbocycles. The lowest BCUT2D eigenvalue weighted by Gasteiger charge is -2.10. The van der Waals surface area contributed by atoms with Crippen LogP contribution in [0.2, 0.25) is 0 Å². The number of phenols is 1. The number of benzene rings is 1. The van der Waals surface area contributed by atoms with E-state index in [1.807, 2.05) is 18.2 Å². The van der Waals surface area contributed by atoms with Gasteiger partial charge in [-0.05, 0) is 12.5 Å². The third-order valence-electron chi connectivity index (χ3n) is 2.50. The van der Waals surface area contributed by atoms with E-state index in [4.69, 9.17) is 4.74 Å². The number of nitrogens with one attached hydrogen (secondary N) is 1. The Morgan fingerprint density at radius 1 is 1.43 bits per heavy atom. The number of phenolic OH excluding ortho intramolecular Hbond substituents is 1. The molecule has 14 heavy (non-hydrogen) atoms. The van der Waals surface area contributed by atoms with Crippen LogP contribution in [0.1, 0.15) is 12.0 Å². The minimum Gasteiger partial charge on any atom is -0.508 e. The number of para-hydroxylation sites is 1. The van der Waals surface area contributed by atoms with E-state index in [-0.39, 0.29) is 0 Å². The van der Waals surface area contributed by atoms with Gasteiger partial charge in [-0.3, -0.25) is 0 Å². The summed E-state index contributed by atoms with van der Waals surface area (Å²) >= 11 is 0. The molecular weight excluding hydrogens is 178 g/mol. The molecule has 2 N–H and O–H groups in total. The molecule has 0 bridgehead atoms. The molecule has 0 aromatic heterocycles. The summed E-state index contributed by atoms with van der Waals surface area (Å²) in [6.45, 7) is 2.34. The number of aromatic hydroxyl groups is 1. The first-order valence-corrected chi connectivity index (χ1v) is 4.94. The minimum atomic E-state index is 0.360. The second-order valence-electron chi connectivity index (χ2n) is 3.57. The molecule has 0 amide bonds. The zero-order chi connectivity index (χ0) is 9.80. The zero-order valence-electron chi connectivity index (χ0n) is 8.07. The second kappa shape index (κ2) is 4.44. The Labute approximate surface area is 83.7 Å². The molecule has 3 heteroatoms. The van der Waals surface area contributed by atoms with Gasteiger partial charge >= 0.3 is 0 Å². The molecule has 0 spiro atoms. The fourth-order valence-electron chi connectivity index (χ4n) is 1.61. The van der Waals surface area contributed by atoms with Gasteiger partial charge in [0.1, 0.15) is 5.75 Å². The quantitative estimate of drug-likeness (QED) is 0.759. The number of hydrogen-bond acceptors (Lipinski definition) is 3. The highest BCUT2D eigenvalue weighted by Crippen LogP contribution is 2.15. The summed E-state index contributed by atoms with van der Waals surface area (Å²) in [6, 6.07) is 7.84. The van der Waals surface area contributed by atoms with Crippen molar-refractivity contribution in [3.63, 3.8) is 0 Å². The average molecular weight is 193 g/mol. The molecule has 76 valence electrons. The molecule has 1 saturated heterocycles. The van der Waals surface area contributed by atoms with E-state index < -0.39 is 0 Å². The van der Waals surface area contributed by atoms with Crippen molar-refractivity contribution >= 4 is 0 Å². The molecule has 1 aliphatic heterocycles. The Balaban J connectivity index is 1.88. The van der Waals surface area contributed by atoms with Crippen molar-refractivity contribution in [1.82, 2.24) is 5.32 Å². The third kappa shape index (κ3) is 2.25. The van der Waals surface area contributed by atoms with E-state index in [0.29, 0.717) is 18.3 Å². The van der Waals surface area contributed by atoms with Crippen molar-refractivity contribution < 1.29 is 9.84 Å². The fraction of sp³-hybridized carbons (Fsp3) is 0.455. The van der Waals surface area contributed by atoms with Crippen LogP contribution in [0.3, 0.4) is 0 Å². The number of ether oxygens (including phenoxy) is 1. The third-order valence-corrected chi connectivity index (χ3v) is 2.50. The van der Waals surface area contributed by atoms with Gasteiger partial charge in [-0.15, -0.1) is 0 Å². The summed E-state index contributed by atoms with van der Waals surface area (Å²) in [5.41, 5.74) is 0.944. The molecule has 1 unspecified atom stereocenters. The van der Waals surface area contributed by atoms with Crippen molar-refractivity contribution in [3.8, 4) is 5.75 Å². The molecule has 1 aromatic rings. The van der Waals surface area contributed by atoms with Gasteiger partial charge in [-0.1, -0.05) is 18.2 Å². The largest absolute Gasteiger partial charge is 0.508 e. The summed E-state index contributed by atoms with van der Waals surface area (Å²) < 4.78 is 5.25. The van der Waals surface area contributed by atoms with Crippen LogP contribution in [0.5, 0.6) is 5.75 Å². The van der Waals surface area contributed by atoms with Crippen LogP contribution in [0, 0.1) is 0 Å². The van der Waals surface area contributed by atoms with Gasteiger partial charge in [0.05, 0.1) is 6.61 Å². The molecule has 0 saturated carbocycles. The summed E-state index contributed by atoms with van der Waals surface area (Å²) in [4.78, 5) is 0. The van der Waals surface area contributed by atoms with Gasteiger partial charge in [0, 0.05) is 24.8 Å². The van der Waals surface area contributed by atoms with Crippen molar-refractivity contribution in [2.75, 3.05) is 13.2 Å². The van der Waals surface area contributed by atoms with Crippen molar-refractivity contribution in [2.45, 2.75) is 19.0 Å². The van der Waals surface area contributed by atoms with Crippen LogP contribution >= 0.6 is 0 Å². The van der Waals surface area contributed by atoms with E-state index in [2.05, 4.69) is 5.32 Å². The van der Waals surface area contributed by atoms with Crippen LogP contribution in [0.15, 0.2) is 24.3 Å². The maximum atomic E-state index is 9.51. The monoisotopic (exact) mass is 193 g/mol. The van der Waals surface area contributed by atoms with E-state index in [1.165, 1.54) is 0 Å². The molecular formula is C11H15NO2. The van der Waals surface area contributed by atoms with Crippen molar-refractivity contribution in [1.29, 1.82) is 0 Å². The lowest BCUT2D eigenvalue weighted by Crippen LogP contribution is -2.28. The molecule has 1 heterocycles. The van der Waals surface area contributed by atoms with E-state index in [0.717, 1.165) is 25.2 Å². The Bertz CT molecular complexity index is 295. The Morgan fingerprint density at radius 2 is 2.29 bits per heavy atom. The first kappa shape index (κ1) is 9.49. The highest BCUT2D eigenvalue weighted by molar-refractivity contribution is 5.31. The van der Waals surface area contributed by atoms with E-state index >= 15 is 0 Å². The lowest BCUT2D eigenvalue weighted by molar-refractivity contribution is 0.189. The van der Waals surface area contributed by atoms with Crippen molar-refractivity contribution in [3.05, 3.63) is 29.8 Å². The van der Waals surface area contributed by atoms with Crippen LogP contribution in [-0.2, 0) is 11.3 Å². The predicted molar refractivity (Wildman–Crippen MR) is 54.2 cm³/mol. The maximum Gasteiger partial charge on any atom is 0.120 e. The number of hydrogen-bond donors (Lipinski definition) is 2. The minimum absolute atomic E-state index is 0.360. The standard InChI is InChI=1S/C11H15NO2/c13-11-4-2-1-3-9(11)7-12-10-5-6-14-8-10/h1-4,10,12-13H,5-8H2. The first-order valence-electron chi connectivity index (χ1n) is 4.94. The fourth-order valence-corrected chi connectivity index (χ4v) is 1.61. The van der Waals surface area contributed by atoms with Gasteiger partial charge in [0.15, 0.2) is 0 Å². The molecule has 0 radical (unpaired) electrons. The predicted octanol–water partition coefficient (Wildman–Crippen LogP) is 1.27. The van der Waals surface area contributed by atoms with Gasteiger partial charge in [0.25, 0.3) is 0 Å². The average Bonchev–Trinajstić information content (AvgIpc) is 2.69. The van der Waals surface area contributed by atoms with Crippen LogP contribution < -0.4 is 5.32 Å². The lowest BCUT2D eigenvalue weighted by atomic mass is 10.2. The highest BCUT2D eigenvalue weighted by atomic mass is 16.5. The zero-order valence-corrected chi connectivity index (χ0v) is 8.07. The SMILES string of the molecule is Oc1ccccc1CNC1CCOC1. The van der Waals surface area contributed by atoms with Gasteiger partial charge in [-0.2, -0.15) is 0 Å². The summed E-state index contributed by atoms with van der Waals surface area (Å²) in [6.07, 6.45) is 1.06. The van der Waals surface area contributed by atoms with Crippen molar-refractivity contribution in [2.24, 2.45) is 0 Å². The first-order chi connectivity index (χ1) is 6.86. The maximum absolute atomic E-state index is 9.51. The topological polar surface area (TPSA) is 41.5 Å². The van der Waals surface area contributed by atoms with E-state index in [9.17, 15) is 5.11 Å². The summed E-state index contributed by atoms with van der Waals surface area (Å²) in [5.74, 6) is 0.360. The molecule has 1 aliphatic rings. The smallest absolute Gasteiger partial charge is 0.120 e. The van der Waals surface area contributed by atoms with Gasteiger partial charge in [-0.25, -0.2) is 0 Å². The highest BCUT2D eigenvalue weighted by Gasteiger charge is 2.14. The number of rotatable bonds is 3. The van der Waals surface area contributed by atoms with Gasteiger partial charge < -0.3 is 15.2 Å². The molecule has 2 rings (SSSR count). The van der Waals surface area contributed by atoms with E-state index in [1.54, 1.807) is 6.07 Å². The van der Waals surface area contributed by atoms with Crippen LogP contribution in [0.4, 0.5) is 0 Å².